The molecule has 3 aromatic rings. The highest BCUT2D eigenvalue weighted by molar-refractivity contribution is 6.36. The number of amides is 1. The molecule has 1 heterocycles. The van der Waals surface area contributed by atoms with Crippen LogP contribution in [0.4, 0.5) is 4.39 Å². The number of benzene rings is 2. The number of aromatic nitrogens is 1. The van der Waals surface area contributed by atoms with Gasteiger partial charge >= 0.3 is 0 Å². The Morgan fingerprint density at radius 1 is 1.12 bits per heavy atom. The number of carbonyl (C=O) groups is 1. The largest absolute Gasteiger partial charge is 0.624 e. The van der Waals surface area contributed by atoms with Crippen molar-refractivity contribution in [2.45, 2.75) is 26.3 Å². The van der Waals surface area contributed by atoms with Gasteiger partial charge in [-0.15, -0.1) is 0 Å². The monoisotopic (exact) mass is 459 g/mol. The van der Waals surface area contributed by atoms with Gasteiger partial charge in [0.25, 0.3) is 5.91 Å². The highest BCUT2D eigenvalue weighted by atomic mass is 19.1. The van der Waals surface area contributed by atoms with Crippen molar-refractivity contribution in [2.24, 2.45) is 0 Å². The van der Waals surface area contributed by atoms with Crippen LogP contribution in [0.5, 0.6) is 5.75 Å². The number of nitrogens with one attached hydrogen (secondary N) is 1. The Kier molecular flexibility index (Phi) is 6.72. The van der Waals surface area contributed by atoms with Gasteiger partial charge in [-0.2, -0.15) is 0 Å². The van der Waals surface area contributed by atoms with Crippen LogP contribution in [0.2, 0.25) is 0 Å². The third kappa shape index (κ3) is 4.83. The lowest BCUT2D eigenvalue weighted by molar-refractivity contribution is -0.421. The summed E-state index contributed by atoms with van der Waals surface area (Å²) in [5, 5.41) is 15.6. The van der Waals surface area contributed by atoms with Crippen LogP contribution in [0.1, 0.15) is 36.2 Å². The molecule has 174 valence electrons. The third-order valence-corrected chi connectivity index (χ3v) is 5.43. The molecule has 1 N–H and O–H groups in total. The van der Waals surface area contributed by atoms with Gasteiger partial charge in [-0.3, -0.25) is 9.78 Å². The number of hydrogen-bond acceptors (Lipinski definition) is 4. The summed E-state index contributed by atoms with van der Waals surface area (Å²) >= 11 is 0. The van der Waals surface area contributed by atoms with Crippen LogP contribution in [0.15, 0.2) is 72.4 Å². The summed E-state index contributed by atoms with van der Waals surface area (Å²) in [6, 6.07) is 17.0. The molecule has 6 nitrogen and oxygen atoms in total. The number of rotatable bonds is 7. The third-order valence-electron chi connectivity index (χ3n) is 5.43. The quantitative estimate of drug-likeness (QED) is 0.328. The number of hydroxylamine groups is 1. The van der Waals surface area contributed by atoms with E-state index in [1.807, 2.05) is 38.1 Å². The van der Waals surface area contributed by atoms with Gasteiger partial charge in [0.05, 0.1) is 12.2 Å². The number of carbonyl (C=O) groups excluding carboxylic acids is 1. The molecule has 0 aliphatic heterocycles. The lowest BCUT2D eigenvalue weighted by Crippen LogP contribution is -2.35. The van der Waals surface area contributed by atoms with Crippen molar-refractivity contribution < 1.29 is 18.7 Å². The Morgan fingerprint density at radius 3 is 2.62 bits per heavy atom. The van der Waals surface area contributed by atoms with Gasteiger partial charge in [0.15, 0.2) is 0 Å². The molecule has 0 radical (unpaired) electrons. The minimum absolute atomic E-state index is 0.138. The van der Waals surface area contributed by atoms with Crippen molar-refractivity contribution in [3.05, 3.63) is 106 Å². The number of ether oxygens (including phenoxy) is 1. The summed E-state index contributed by atoms with van der Waals surface area (Å²) in [7, 11) is 1.35. The first-order valence-corrected chi connectivity index (χ1v) is 11.1. The number of pyridine rings is 1. The summed E-state index contributed by atoms with van der Waals surface area (Å²) in [6.45, 7) is 4.09. The van der Waals surface area contributed by atoms with Crippen LogP contribution in [0.3, 0.4) is 0 Å². The second-order valence-electron chi connectivity index (χ2n) is 8.36. The molecule has 0 unspecified atom stereocenters. The average molecular weight is 460 g/mol. The predicted octanol–water partition coefficient (Wildman–Crippen LogP) is 4.11. The van der Waals surface area contributed by atoms with Crippen LogP contribution in [0.25, 0.3) is 5.57 Å². The molecule has 0 spiro atoms. The predicted molar refractivity (Wildman–Crippen MR) is 129 cm³/mol. The van der Waals surface area contributed by atoms with E-state index < -0.39 is 5.82 Å². The lowest BCUT2D eigenvalue weighted by atomic mass is 9.97. The van der Waals surface area contributed by atoms with E-state index >= 15 is 0 Å². The molecule has 0 saturated heterocycles. The van der Waals surface area contributed by atoms with Crippen LogP contribution < -0.4 is 10.1 Å². The molecule has 1 amide bonds. The topological polar surface area (TPSA) is 77.3 Å². The standard InChI is InChI=1S/C27H26FN3O3/c1-17(2)30-27(32)25-24(18-7-6-8-19(28)15-18)22-11-10-21(16-23(22)26(25)31(3)33)34-14-12-20-9-4-5-13-29-20/h4-11,13,15-17H,12,14H2,1-3H3,(H,30,32)/b31-26+. The molecule has 0 atom stereocenters. The fraction of sp³-hybridized carbons (Fsp3) is 0.222. The molecule has 0 bridgehead atoms. The minimum Gasteiger partial charge on any atom is -0.624 e. The molecule has 4 rings (SSSR count). The van der Waals surface area contributed by atoms with E-state index in [2.05, 4.69) is 10.3 Å². The first kappa shape index (κ1) is 23.2. The maximum absolute atomic E-state index is 14.1. The summed E-state index contributed by atoms with van der Waals surface area (Å²) < 4.78 is 20.7. The maximum atomic E-state index is 14.1. The van der Waals surface area contributed by atoms with E-state index in [-0.39, 0.29) is 23.2 Å². The summed E-state index contributed by atoms with van der Waals surface area (Å²) in [5.41, 5.74) is 3.65. The Bertz CT molecular complexity index is 1280. The van der Waals surface area contributed by atoms with Crippen molar-refractivity contribution in [3.8, 4) is 5.75 Å². The van der Waals surface area contributed by atoms with E-state index in [4.69, 9.17) is 4.74 Å². The number of nitrogens with zero attached hydrogens (tertiary/aromatic N) is 2. The first-order valence-electron chi connectivity index (χ1n) is 11.1. The van der Waals surface area contributed by atoms with Gasteiger partial charge < -0.3 is 15.3 Å². The zero-order chi connectivity index (χ0) is 24.2. The lowest BCUT2D eigenvalue weighted by Gasteiger charge is -2.12. The van der Waals surface area contributed by atoms with E-state index in [0.29, 0.717) is 45.8 Å². The second kappa shape index (κ2) is 9.87. The molecule has 0 saturated carbocycles. The summed E-state index contributed by atoms with van der Waals surface area (Å²) in [5.74, 6) is -0.243. The van der Waals surface area contributed by atoms with E-state index in [9.17, 15) is 14.4 Å². The van der Waals surface area contributed by atoms with Gasteiger partial charge in [0.1, 0.15) is 24.2 Å². The number of hydrogen-bond donors (Lipinski definition) is 1. The normalized spacial score (nSPS) is 14.3. The SMILES string of the molecule is CC(C)NC(=O)C1=C(c2cccc(F)c2)c2ccc(OCCc3ccccn3)cc2/C1=[N+](/C)[O-]. The minimum atomic E-state index is -0.423. The fourth-order valence-electron chi connectivity index (χ4n) is 4.06. The first-order chi connectivity index (χ1) is 16.3. The van der Waals surface area contributed by atoms with Crippen molar-refractivity contribution in [1.82, 2.24) is 10.3 Å². The highest BCUT2D eigenvalue weighted by Gasteiger charge is 2.38. The number of halogens is 1. The maximum Gasteiger partial charge on any atom is 0.258 e. The van der Waals surface area contributed by atoms with Gasteiger partial charge in [-0.25, -0.2) is 9.13 Å². The van der Waals surface area contributed by atoms with Crippen molar-refractivity contribution in [1.29, 1.82) is 0 Å². The van der Waals surface area contributed by atoms with E-state index in [1.54, 1.807) is 30.5 Å². The molecule has 1 aromatic heterocycles. The molecule has 1 aliphatic rings. The van der Waals surface area contributed by atoms with Crippen LogP contribution in [-0.4, -0.2) is 41.0 Å². The number of fused-ring (bicyclic) bond motifs is 1. The van der Waals surface area contributed by atoms with Crippen molar-refractivity contribution >= 4 is 17.2 Å². The second-order valence-corrected chi connectivity index (χ2v) is 8.36. The molecular formula is C27H26FN3O3. The summed E-state index contributed by atoms with van der Waals surface area (Å²) in [4.78, 5) is 17.5. The molecular weight excluding hydrogens is 433 g/mol. The molecule has 1 aliphatic carbocycles. The van der Waals surface area contributed by atoms with Crippen molar-refractivity contribution in [3.63, 3.8) is 0 Å². The smallest absolute Gasteiger partial charge is 0.258 e. The Labute approximate surface area is 198 Å². The Balaban J connectivity index is 1.75. The van der Waals surface area contributed by atoms with E-state index in [0.717, 1.165) is 5.69 Å². The zero-order valence-electron chi connectivity index (χ0n) is 19.3. The van der Waals surface area contributed by atoms with Gasteiger partial charge in [0.2, 0.25) is 5.71 Å². The highest BCUT2D eigenvalue weighted by Crippen LogP contribution is 2.39. The Morgan fingerprint density at radius 2 is 1.94 bits per heavy atom. The molecule has 7 heteroatoms. The van der Waals surface area contributed by atoms with E-state index in [1.165, 1.54) is 19.2 Å². The van der Waals surface area contributed by atoms with Crippen molar-refractivity contribution in [2.75, 3.05) is 13.7 Å². The summed E-state index contributed by atoms with van der Waals surface area (Å²) in [6.07, 6.45) is 2.37. The van der Waals surface area contributed by atoms with Gasteiger partial charge in [-0.05, 0) is 67.4 Å². The van der Waals surface area contributed by atoms with Crippen LogP contribution >= 0.6 is 0 Å². The molecule has 0 fully saturated rings. The van der Waals surface area contributed by atoms with Gasteiger partial charge in [0, 0.05) is 29.9 Å². The molecule has 2 aromatic carbocycles. The average Bonchev–Trinajstić information content (AvgIpc) is 3.14. The van der Waals surface area contributed by atoms with Crippen LogP contribution in [-0.2, 0) is 11.2 Å². The van der Waals surface area contributed by atoms with Crippen LogP contribution in [0, 0.1) is 11.0 Å². The Hall–Kier alpha value is -4.00. The van der Waals surface area contributed by atoms with Gasteiger partial charge in [-0.1, -0.05) is 18.2 Å². The molecule has 34 heavy (non-hydrogen) atoms. The fourth-order valence-corrected chi connectivity index (χ4v) is 4.06. The zero-order valence-corrected chi connectivity index (χ0v) is 19.3.